The zero-order valence-corrected chi connectivity index (χ0v) is 12.0. The molecule has 0 aromatic heterocycles. The first kappa shape index (κ1) is 14.9. The average Bonchev–Trinajstić information content (AvgIpc) is 2.44. The third-order valence-electron chi connectivity index (χ3n) is 3.52. The molecule has 2 rings (SSSR count). The van der Waals surface area contributed by atoms with E-state index >= 15 is 0 Å². The number of halogens is 1. The molecule has 5 heteroatoms. The van der Waals surface area contributed by atoms with Crippen LogP contribution in [0.3, 0.4) is 0 Å². The summed E-state index contributed by atoms with van der Waals surface area (Å²) in [5, 5.41) is 3.26. The lowest BCUT2D eigenvalue weighted by Crippen LogP contribution is -2.47. The lowest BCUT2D eigenvalue weighted by molar-refractivity contribution is -0.150. The highest BCUT2D eigenvalue weighted by Gasteiger charge is 2.30. The van der Waals surface area contributed by atoms with E-state index in [-0.39, 0.29) is 11.8 Å². The first-order chi connectivity index (χ1) is 9.63. The van der Waals surface area contributed by atoms with Gasteiger partial charge >= 0.3 is 5.97 Å². The van der Waals surface area contributed by atoms with Crippen LogP contribution in [0.4, 0.5) is 4.39 Å². The van der Waals surface area contributed by atoms with E-state index in [0.29, 0.717) is 12.2 Å². The van der Waals surface area contributed by atoms with Crippen LogP contribution in [0.5, 0.6) is 0 Å². The molecule has 1 aromatic rings. The monoisotopic (exact) mass is 280 g/mol. The number of benzene rings is 1. The normalized spacial score (nSPS) is 17.8. The lowest BCUT2D eigenvalue weighted by Gasteiger charge is -2.33. The van der Waals surface area contributed by atoms with E-state index in [4.69, 9.17) is 4.74 Å². The molecule has 0 bridgehead atoms. The Hall–Kier alpha value is -1.46. The number of nitrogens with zero attached hydrogens (tertiary/aromatic N) is 1. The molecule has 1 atom stereocenters. The van der Waals surface area contributed by atoms with Gasteiger partial charge in [-0.25, -0.2) is 9.18 Å². The van der Waals surface area contributed by atoms with Crippen molar-refractivity contribution >= 4 is 5.97 Å². The summed E-state index contributed by atoms with van der Waals surface area (Å²) in [6.45, 7) is 7.09. The molecule has 1 saturated heterocycles. The van der Waals surface area contributed by atoms with Crippen molar-refractivity contribution in [3.63, 3.8) is 0 Å². The van der Waals surface area contributed by atoms with Crippen LogP contribution in [0.2, 0.25) is 0 Å². The minimum absolute atomic E-state index is 0.253. The number of hydrogen-bond acceptors (Lipinski definition) is 4. The Labute approximate surface area is 118 Å². The summed E-state index contributed by atoms with van der Waals surface area (Å²) in [6, 6.07) is 4.38. The Kier molecular flexibility index (Phi) is 5.09. The predicted octanol–water partition coefficient (Wildman–Crippen LogP) is 1.64. The van der Waals surface area contributed by atoms with Crippen LogP contribution in [0.15, 0.2) is 18.2 Å². The molecular weight excluding hydrogens is 259 g/mol. The average molecular weight is 280 g/mol. The third-order valence-corrected chi connectivity index (χ3v) is 3.52. The third kappa shape index (κ3) is 3.35. The summed E-state index contributed by atoms with van der Waals surface area (Å²) in [5.41, 5.74) is 1.34. The molecular formula is C15H21FN2O2. The molecule has 1 N–H and O–H groups in total. The van der Waals surface area contributed by atoms with Crippen molar-refractivity contribution in [2.45, 2.75) is 19.9 Å². The Bertz CT molecular complexity index is 473. The van der Waals surface area contributed by atoms with Crippen LogP contribution in [-0.4, -0.2) is 43.7 Å². The molecule has 0 spiro atoms. The molecule has 1 unspecified atom stereocenters. The summed E-state index contributed by atoms with van der Waals surface area (Å²) < 4.78 is 18.6. The molecule has 1 aliphatic rings. The molecule has 1 aromatic carbocycles. The summed E-state index contributed by atoms with van der Waals surface area (Å²) >= 11 is 0. The van der Waals surface area contributed by atoms with E-state index in [2.05, 4.69) is 10.2 Å². The largest absolute Gasteiger partial charge is 0.465 e. The second-order valence-corrected chi connectivity index (χ2v) is 4.95. The quantitative estimate of drug-likeness (QED) is 0.851. The van der Waals surface area contributed by atoms with Crippen LogP contribution in [0.1, 0.15) is 24.1 Å². The number of carbonyl (C=O) groups is 1. The second-order valence-electron chi connectivity index (χ2n) is 4.95. The van der Waals surface area contributed by atoms with Gasteiger partial charge in [0.2, 0.25) is 0 Å². The van der Waals surface area contributed by atoms with Crippen molar-refractivity contribution in [2.75, 3.05) is 32.8 Å². The number of aryl methyl sites for hydroxylation is 1. The number of hydrogen-bond donors (Lipinski definition) is 1. The van der Waals surface area contributed by atoms with Crippen molar-refractivity contribution in [3.05, 3.63) is 35.1 Å². The first-order valence-electron chi connectivity index (χ1n) is 7.01. The SMILES string of the molecule is CCOC(=O)C(c1ccc(F)c(C)c1)N1CCNCC1. The van der Waals surface area contributed by atoms with Crippen molar-refractivity contribution in [1.29, 1.82) is 0 Å². The van der Waals surface area contributed by atoms with Crippen molar-refractivity contribution in [2.24, 2.45) is 0 Å². The first-order valence-corrected chi connectivity index (χ1v) is 7.01. The molecule has 4 nitrogen and oxygen atoms in total. The molecule has 0 amide bonds. The lowest BCUT2D eigenvalue weighted by atomic mass is 10.0. The molecule has 110 valence electrons. The van der Waals surface area contributed by atoms with Crippen LogP contribution in [0.25, 0.3) is 0 Å². The fraction of sp³-hybridized carbons (Fsp3) is 0.533. The smallest absolute Gasteiger partial charge is 0.328 e. The van der Waals surface area contributed by atoms with Gasteiger partial charge in [-0.2, -0.15) is 0 Å². The second kappa shape index (κ2) is 6.81. The van der Waals surface area contributed by atoms with Gasteiger partial charge < -0.3 is 10.1 Å². The zero-order chi connectivity index (χ0) is 14.5. The minimum Gasteiger partial charge on any atom is -0.465 e. The highest BCUT2D eigenvalue weighted by atomic mass is 19.1. The predicted molar refractivity (Wildman–Crippen MR) is 75.0 cm³/mol. The van der Waals surface area contributed by atoms with Gasteiger partial charge in [0, 0.05) is 26.2 Å². The topological polar surface area (TPSA) is 41.6 Å². The minimum atomic E-state index is -0.448. The molecule has 1 aliphatic heterocycles. The highest BCUT2D eigenvalue weighted by molar-refractivity contribution is 5.77. The summed E-state index contributed by atoms with van der Waals surface area (Å²) in [6.07, 6.45) is 0. The van der Waals surface area contributed by atoms with Crippen molar-refractivity contribution in [3.8, 4) is 0 Å². The van der Waals surface area contributed by atoms with Gasteiger partial charge in [-0.15, -0.1) is 0 Å². The molecule has 20 heavy (non-hydrogen) atoms. The van der Waals surface area contributed by atoms with E-state index in [9.17, 15) is 9.18 Å². The Balaban J connectivity index is 2.28. The maximum absolute atomic E-state index is 13.4. The number of rotatable bonds is 4. The fourth-order valence-electron chi connectivity index (χ4n) is 2.50. The molecule has 0 aliphatic carbocycles. The highest BCUT2D eigenvalue weighted by Crippen LogP contribution is 2.24. The van der Waals surface area contributed by atoms with Gasteiger partial charge in [0.05, 0.1) is 6.61 Å². The Morgan fingerprint density at radius 2 is 2.15 bits per heavy atom. The number of ether oxygens (including phenoxy) is 1. The van der Waals surface area contributed by atoms with Gasteiger partial charge in [0.1, 0.15) is 11.9 Å². The molecule has 1 fully saturated rings. The summed E-state index contributed by atoms with van der Waals surface area (Å²) in [7, 11) is 0. The number of esters is 1. The van der Waals surface area contributed by atoms with E-state index in [1.807, 2.05) is 0 Å². The maximum atomic E-state index is 13.4. The standard InChI is InChI=1S/C15H21FN2O2/c1-3-20-15(19)14(18-8-6-17-7-9-18)12-4-5-13(16)11(2)10-12/h4-5,10,14,17H,3,6-9H2,1-2H3. The van der Waals surface area contributed by atoms with E-state index < -0.39 is 6.04 Å². The van der Waals surface area contributed by atoms with E-state index in [1.54, 1.807) is 26.0 Å². The van der Waals surface area contributed by atoms with Gasteiger partial charge in [-0.1, -0.05) is 12.1 Å². The van der Waals surface area contributed by atoms with Gasteiger partial charge in [-0.05, 0) is 31.0 Å². The van der Waals surface area contributed by atoms with Crippen LogP contribution in [0, 0.1) is 12.7 Å². The molecule has 1 heterocycles. The number of carbonyl (C=O) groups excluding carboxylic acids is 1. The molecule has 0 saturated carbocycles. The zero-order valence-electron chi connectivity index (χ0n) is 12.0. The van der Waals surface area contributed by atoms with Crippen molar-refractivity contribution in [1.82, 2.24) is 10.2 Å². The van der Waals surface area contributed by atoms with Gasteiger partial charge in [-0.3, -0.25) is 4.90 Å². The van der Waals surface area contributed by atoms with Crippen molar-refractivity contribution < 1.29 is 13.9 Å². The van der Waals surface area contributed by atoms with E-state index in [0.717, 1.165) is 31.7 Å². The Morgan fingerprint density at radius 1 is 1.45 bits per heavy atom. The molecule has 0 radical (unpaired) electrons. The van der Waals surface area contributed by atoms with Gasteiger partial charge in [0.25, 0.3) is 0 Å². The number of piperazine rings is 1. The maximum Gasteiger partial charge on any atom is 0.328 e. The summed E-state index contributed by atoms with van der Waals surface area (Å²) in [5.74, 6) is -0.517. The fourth-order valence-corrected chi connectivity index (χ4v) is 2.50. The number of nitrogens with one attached hydrogen (secondary N) is 1. The van der Waals surface area contributed by atoms with Crippen LogP contribution in [-0.2, 0) is 9.53 Å². The Morgan fingerprint density at radius 3 is 2.75 bits per heavy atom. The van der Waals surface area contributed by atoms with Crippen LogP contribution >= 0.6 is 0 Å². The van der Waals surface area contributed by atoms with Crippen LogP contribution < -0.4 is 5.32 Å². The van der Waals surface area contributed by atoms with Gasteiger partial charge in [0.15, 0.2) is 0 Å². The van der Waals surface area contributed by atoms with E-state index in [1.165, 1.54) is 6.07 Å². The summed E-state index contributed by atoms with van der Waals surface area (Å²) in [4.78, 5) is 14.3.